The van der Waals surface area contributed by atoms with Crippen LogP contribution in [-0.2, 0) is 18.3 Å². The summed E-state index contributed by atoms with van der Waals surface area (Å²) in [6.45, 7) is 6.13. The van der Waals surface area contributed by atoms with Gasteiger partial charge in [-0.2, -0.15) is 5.10 Å². The van der Waals surface area contributed by atoms with Crippen molar-refractivity contribution in [1.29, 1.82) is 0 Å². The molecule has 2 aromatic rings. The van der Waals surface area contributed by atoms with E-state index < -0.39 is 6.10 Å². The largest absolute Gasteiger partial charge is 0.481 e. The maximum Gasteiger partial charge on any atom is 0.265 e. The van der Waals surface area contributed by atoms with Crippen LogP contribution >= 0.6 is 0 Å². The Bertz CT molecular complexity index is 857. The number of nitrogens with one attached hydrogen (secondary N) is 2. The molecule has 1 aromatic carbocycles. The molecule has 3 rings (SSSR count). The molecule has 2 N–H and O–H groups in total. The molecule has 0 saturated carbocycles. The van der Waals surface area contributed by atoms with Gasteiger partial charge in [0.05, 0.1) is 17.1 Å². The van der Waals surface area contributed by atoms with Crippen LogP contribution < -0.4 is 15.4 Å². The molecular weight excluding hydrogens is 332 g/mol. The van der Waals surface area contributed by atoms with Gasteiger partial charge in [-0.25, -0.2) is 0 Å². The Balaban J connectivity index is 1.71. The lowest BCUT2D eigenvalue weighted by atomic mass is 10.0. The molecular formula is C19H24N4O3. The van der Waals surface area contributed by atoms with Crippen molar-refractivity contribution in [3.8, 4) is 5.75 Å². The molecule has 2 amide bonds. The Morgan fingerprint density at radius 3 is 2.85 bits per heavy atom. The SMILES string of the molecule is Cc1nn(C)c(C)c1NC(=O)C(C)Oc1ccc2c(c1)CCCNC2=O. The minimum Gasteiger partial charge on any atom is -0.481 e. The predicted octanol–water partition coefficient (Wildman–Crippen LogP) is 2.12. The van der Waals surface area contributed by atoms with E-state index in [-0.39, 0.29) is 11.8 Å². The number of hydrogen-bond acceptors (Lipinski definition) is 4. The van der Waals surface area contributed by atoms with E-state index in [1.165, 1.54) is 0 Å². The van der Waals surface area contributed by atoms with Crippen molar-refractivity contribution in [3.63, 3.8) is 0 Å². The number of nitrogens with zero attached hydrogens (tertiary/aromatic N) is 2. The number of rotatable bonds is 4. The van der Waals surface area contributed by atoms with Gasteiger partial charge >= 0.3 is 0 Å². The highest BCUT2D eigenvalue weighted by Crippen LogP contribution is 2.23. The van der Waals surface area contributed by atoms with Crippen LogP contribution in [-0.4, -0.2) is 34.2 Å². The number of carbonyl (C=O) groups excluding carboxylic acids is 2. The third kappa shape index (κ3) is 3.56. The second-order valence-corrected chi connectivity index (χ2v) is 6.60. The number of carbonyl (C=O) groups is 2. The first-order chi connectivity index (χ1) is 12.4. The molecule has 0 radical (unpaired) electrons. The molecule has 0 spiro atoms. The lowest BCUT2D eigenvalue weighted by molar-refractivity contribution is -0.122. The molecule has 0 bridgehead atoms. The first-order valence-corrected chi connectivity index (χ1v) is 8.75. The van der Waals surface area contributed by atoms with E-state index in [1.54, 1.807) is 23.7 Å². The topological polar surface area (TPSA) is 85.2 Å². The summed E-state index contributed by atoms with van der Waals surface area (Å²) in [5.41, 5.74) is 3.99. The monoisotopic (exact) mass is 356 g/mol. The highest BCUT2D eigenvalue weighted by atomic mass is 16.5. The van der Waals surface area contributed by atoms with Gasteiger partial charge < -0.3 is 15.4 Å². The molecule has 7 heteroatoms. The first-order valence-electron chi connectivity index (χ1n) is 8.75. The van der Waals surface area contributed by atoms with E-state index in [2.05, 4.69) is 15.7 Å². The van der Waals surface area contributed by atoms with Crippen LogP contribution in [0.3, 0.4) is 0 Å². The third-order valence-corrected chi connectivity index (χ3v) is 4.67. The van der Waals surface area contributed by atoms with Gasteiger partial charge in [0.25, 0.3) is 11.8 Å². The van der Waals surface area contributed by atoms with E-state index in [1.807, 2.05) is 27.0 Å². The average molecular weight is 356 g/mol. The summed E-state index contributed by atoms with van der Waals surface area (Å²) >= 11 is 0. The number of aromatic nitrogens is 2. The van der Waals surface area contributed by atoms with Crippen molar-refractivity contribution in [1.82, 2.24) is 15.1 Å². The van der Waals surface area contributed by atoms with Crippen LogP contribution in [0.15, 0.2) is 18.2 Å². The van der Waals surface area contributed by atoms with Crippen molar-refractivity contribution in [2.24, 2.45) is 7.05 Å². The molecule has 0 fully saturated rings. The lowest BCUT2D eigenvalue weighted by Crippen LogP contribution is -2.30. The smallest absolute Gasteiger partial charge is 0.265 e. The number of amides is 2. The summed E-state index contributed by atoms with van der Waals surface area (Å²) in [5, 5.41) is 10.0. The van der Waals surface area contributed by atoms with Gasteiger partial charge in [0.1, 0.15) is 5.75 Å². The van der Waals surface area contributed by atoms with Gasteiger partial charge in [0.15, 0.2) is 6.10 Å². The number of ether oxygens (including phenoxy) is 1. The van der Waals surface area contributed by atoms with Crippen LogP contribution in [0, 0.1) is 13.8 Å². The average Bonchev–Trinajstić information content (AvgIpc) is 2.75. The number of fused-ring (bicyclic) bond motifs is 1. The predicted molar refractivity (Wildman–Crippen MR) is 98.5 cm³/mol. The van der Waals surface area contributed by atoms with Crippen molar-refractivity contribution >= 4 is 17.5 Å². The summed E-state index contributed by atoms with van der Waals surface area (Å²) in [7, 11) is 1.84. The Morgan fingerprint density at radius 2 is 2.15 bits per heavy atom. The maximum absolute atomic E-state index is 12.5. The third-order valence-electron chi connectivity index (χ3n) is 4.67. The quantitative estimate of drug-likeness (QED) is 0.879. The number of hydrogen-bond donors (Lipinski definition) is 2. The van der Waals surface area contributed by atoms with Crippen LogP contribution in [0.5, 0.6) is 5.75 Å². The lowest BCUT2D eigenvalue weighted by Gasteiger charge is -2.16. The second kappa shape index (κ2) is 7.19. The summed E-state index contributed by atoms with van der Waals surface area (Å²) in [6.07, 6.45) is 1.02. The van der Waals surface area contributed by atoms with Crippen molar-refractivity contribution in [2.75, 3.05) is 11.9 Å². The van der Waals surface area contributed by atoms with E-state index in [4.69, 9.17) is 4.74 Å². The number of aryl methyl sites for hydroxylation is 3. The zero-order chi connectivity index (χ0) is 18.8. The van der Waals surface area contributed by atoms with Gasteiger partial charge in [0, 0.05) is 19.2 Å². The zero-order valence-corrected chi connectivity index (χ0v) is 15.5. The minimum absolute atomic E-state index is 0.0580. The van der Waals surface area contributed by atoms with Crippen LogP contribution in [0.1, 0.15) is 40.7 Å². The summed E-state index contributed by atoms with van der Waals surface area (Å²) in [6, 6.07) is 5.34. The fourth-order valence-corrected chi connectivity index (χ4v) is 3.08. The Hall–Kier alpha value is -2.83. The van der Waals surface area contributed by atoms with Crippen LogP contribution in [0.25, 0.3) is 0 Å². The maximum atomic E-state index is 12.5. The molecule has 7 nitrogen and oxygen atoms in total. The Labute approximate surface area is 152 Å². The van der Waals surface area contributed by atoms with Gasteiger partial charge in [-0.1, -0.05) is 0 Å². The highest BCUT2D eigenvalue weighted by Gasteiger charge is 2.20. The van der Waals surface area contributed by atoms with Crippen LogP contribution in [0.2, 0.25) is 0 Å². The molecule has 0 saturated heterocycles. The molecule has 26 heavy (non-hydrogen) atoms. The Morgan fingerprint density at radius 1 is 1.38 bits per heavy atom. The fourth-order valence-electron chi connectivity index (χ4n) is 3.08. The van der Waals surface area contributed by atoms with Crippen LogP contribution in [0.4, 0.5) is 5.69 Å². The number of benzene rings is 1. The molecule has 1 aromatic heterocycles. The fraction of sp³-hybridized carbons (Fsp3) is 0.421. The van der Waals surface area contributed by atoms with E-state index in [0.29, 0.717) is 23.5 Å². The van der Waals surface area contributed by atoms with Gasteiger partial charge in [-0.15, -0.1) is 0 Å². The molecule has 0 aliphatic carbocycles. The molecule has 1 atom stereocenters. The van der Waals surface area contributed by atoms with E-state index in [9.17, 15) is 9.59 Å². The van der Waals surface area contributed by atoms with E-state index >= 15 is 0 Å². The van der Waals surface area contributed by atoms with Gasteiger partial charge in [0.2, 0.25) is 0 Å². The molecule has 2 heterocycles. The Kier molecular flexibility index (Phi) is 4.97. The van der Waals surface area contributed by atoms with E-state index in [0.717, 1.165) is 29.8 Å². The minimum atomic E-state index is -0.674. The molecule has 138 valence electrons. The zero-order valence-electron chi connectivity index (χ0n) is 15.5. The molecule has 1 aliphatic heterocycles. The number of anilines is 1. The standard InChI is InChI=1S/C19H24N4O3/c1-11-17(12(2)23(4)22-11)21-18(24)13(3)26-15-7-8-16-14(10-15)6-5-9-20-19(16)25/h7-8,10,13H,5-6,9H2,1-4H3,(H,20,25)(H,21,24). The summed E-state index contributed by atoms with van der Waals surface area (Å²) < 4.78 is 7.54. The van der Waals surface area contributed by atoms with Crippen molar-refractivity contribution < 1.29 is 14.3 Å². The molecule has 1 unspecified atom stereocenters. The normalized spacial score (nSPS) is 14.8. The summed E-state index contributed by atoms with van der Waals surface area (Å²) in [5.74, 6) is 0.287. The summed E-state index contributed by atoms with van der Waals surface area (Å²) in [4.78, 5) is 24.5. The van der Waals surface area contributed by atoms with Gasteiger partial charge in [-0.05, 0) is 57.4 Å². The second-order valence-electron chi connectivity index (χ2n) is 6.60. The highest BCUT2D eigenvalue weighted by molar-refractivity contribution is 5.96. The molecule has 1 aliphatic rings. The van der Waals surface area contributed by atoms with Gasteiger partial charge in [-0.3, -0.25) is 14.3 Å². The first kappa shape index (κ1) is 18.0. The van der Waals surface area contributed by atoms with Crippen molar-refractivity contribution in [2.45, 2.75) is 39.7 Å². The van der Waals surface area contributed by atoms with Crippen molar-refractivity contribution in [3.05, 3.63) is 40.7 Å².